The molecule has 2 aromatic rings. The first kappa shape index (κ1) is 23.5. The number of hydrogen-bond acceptors (Lipinski definition) is 6. The first-order chi connectivity index (χ1) is 15.7. The minimum Gasteiger partial charge on any atom is -0.490 e. The zero-order chi connectivity index (χ0) is 23.9. The van der Waals surface area contributed by atoms with Gasteiger partial charge in [0.1, 0.15) is 17.4 Å². The topological polar surface area (TPSA) is 87.0 Å². The van der Waals surface area contributed by atoms with Crippen molar-refractivity contribution in [3.05, 3.63) is 51.3 Å². The second-order valence-corrected chi connectivity index (χ2v) is 9.99. The van der Waals surface area contributed by atoms with Crippen molar-refractivity contribution >= 4 is 5.97 Å². The summed E-state index contributed by atoms with van der Waals surface area (Å²) in [6, 6.07) is 5.45. The first-order valence-electron chi connectivity index (χ1n) is 11.6. The van der Waals surface area contributed by atoms with Crippen LogP contribution in [0, 0.1) is 5.41 Å². The summed E-state index contributed by atoms with van der Waals surface area (Å²) in [6.45, 7) is 8.20. The van der Waals surface area contributed by atoms with E-state index in [1.165, 1.54) is 6.07 Å². The molecule has 1 unspecified atom stereocenters. The third-order valence-electron chi connectivity index (χ3n) is 6.73. The molecule has 1 aliphatic heterocycles. The number of aliphatic hydroxyl groups excluding tert-OH is 1. The van der Waals surface area contributed by atoms with Gasteiger partial charge in [0.05, 0.1) is 25.0 Å². The Kier molecular flexibility index (Phi) is 6.38. The van der Waals surface area contributed by atoms with E-state index in [1.54, 1.807) is 20.2 Å². The quantitative estimate of drug-likeness (QED) is 0.665. The number of pyridine rings is 1. The van der Waals surface area contributed by atoms with E-state index in [2.05, 4.69) is 20.8 Å². The molecule has 0 amide bonds. The highest BCUT2D eigenvalue weighted by Gasteiger charge is 2.35. The second-order valence-electron chi connectivity index (χ2n) is 9.99. The van der Waals surface area contributed by atoms with Gasteiger partial charge in [-0.1, -0.05) is 20.8 Å². The van der Waals surface area contributed by atoms with Crippen molar-refractivity contribution in [1.82, 2.24) is 4.57 Å². The van der Waals surface area contributed by atoms with E-state index < -0.39 is 5.97 Å². The van der Waals surface area contributed by atoms with Gasteiger partial charge in [-0.3, -0.25) is 4.79 Å². The third kappa shape index (κ3) is 4.44. The number of esters is 1. The zero-order valence-corrected chi connectivity index (χ0v) is 20.0. The Morgan fingerprint density at radius 1 is 1.18 bits per heavy atom. The Labute approximate surface area is 194 Å². The fourth-order valence-electron chi connectivity index (χ4n) is 4.71. The summed E-state index contributed by atoms with van der Waals surface area (Å²) in [6.07, 6.45) is 4.31. The van der Waals surface area contributed by atoms with E-state index in [1.807, 2.05) is 16.7 Å². The number of carbonyl (C=O) groups excluding carboxylic acids is 1. The SMILES string of the molecule is CCOC(=O)c1cn2c(cc1=O)-c1cc(CO)c(OC3CC(OC)C3)cc1CC2C(C)(C)C. The van der Waals surface area contributed by atoms with Crippen molar-refractivity contribution in [3.63, 3.8) is 0 Å². The number of methoxy groups -OCH3 is 1. The number of aromatic nitrogens is 1. The van der Waals surface area contributed by atoms with Gasteiger partial charge in [-0.15, -0.1) is 0 Å². The van der Waals surface area contributed by atoms with Crippen LogP contribution in [0.3, 0.4) is 0 Å². The largest absolute Gasteiger partial charge is 0.490 e. The third-order valence-corrected chi connectivity index (χ3v) is 6.73. The minimum absolute atomic E-state index is 0.0168. The maximum Gasteiger partial charge on any atom is 0.343 e. The Hall–Kier alpha value is -2.64. The number of ether oxygens (including phenoxy) is 3. The van der Waals surface area contributed by atoms with Crippen LogP contribution in [0.5, 0.6) is 5.75 Å². The lowest BCUT2D eigenvalue weighted by atomic mass is 9.78. The van der Waals surface area contributed by atoms with E-state index >= 15 is 0 Å². The maximum absolute atomic E-state index is 12.8. The molecule has 178 valence electrons. The number of carbonyl (C=O) groups is 1. The number of aliphatic hydroxyl groups is 1. The molecule has 1 N–H and O–H groups in total. The Morgan fingerprint density at radius 2 is 1.91 bits per heavy atom. The van der Waals surface area contributed by atoms with Crippen LogP contribution in [-0.2, 0) is 22.5 Å². The van der Waals surface area contributed by atoms with Gasteiger partial charge in [0.2, 0.25) is 0 Å². The van der Waals surface area contributed by atoms with Crippen LogP contribution < -0.4 is 10.2 Å². The fourth-order valence-corrected chi connectivity index (χ4v) is 4.71. The van der Waals surface area contributed by atoms with E-state index in [0.717, 1.165) is 29.7 Å². The highest BCUT2D eigenvalue weighted by atomic mass is 16.5. The van der Waals surface area contributed by atoms with Crippen LogP contribution in [0.1, 0.15) is 68.1 Å². The number of hydrogen-bond donors (Lipinski definition) is 1. The standard InChI is InChI=1S/C26H33NO6/c1-6-32-25(30)20-13-27-21(12-22(20)29)19-7-16(14-28)23(33-18-10-17(11-18)31-5)8-15(19)9-24(27)26(2,3)4/h7-8,12-13,17-18,24,28H,6,9-11,14H2,1-5H3. The monoisotopic (exact) mass is 455 g/mol. The molecule has 7 heteroatoms. The summed E-state index contributed by atoms with van der Waals surface area (Å²) in [5.74, 6) is 0.0771. The highest BCUT2D eigenvalue weighted by Crippen LogP contribution is 2.44. The van der Waals surface area contributed by atoms with Crippen molar-refractivity contribution < 1.29 is 24.1 Å². The molecule has 1 aliphatic carbocycles. The molecule has 0 spiro atoms. The molecule has 4 rings (SSSR count). The molecule has 0 radical (unpaired) electrons. The van der Waals surface area contributed by atoms with Crippen LogP contribution in [0.4, 0.5) is 0 Å². The lowest BCUT2D eigenvalue weighted by Crippen LogP contribution is -2.39. The van der Waals surface area contributed by atoms with Crippen molar-refractivity contribution in [1.29, 1.82) is 0 Å². The first-order valence-corrected chi connectivity index (χ1v) is 11.6. The van der Waals surface area contributed by atoms with Gasteiger partial charge in [-0.25, -0.2) is 4.79 Å². The number of nitrogens with zero attached hydrogens (tertiary/aromatic N) is 1. The van der Waals surface area contributed by atoms with E-state index in [0.29, 0.717) is 17.7 Å². The number of fused-ring (bicyclic) bond motifs is 3. The van der Waals surface area contributed by atoms with Gasteiger partial charge in [0, 0.05) is 49.4 Å². The molecule has 0 bridgehead atoms. The normalized spacial score (nSPS) is 21.6. The molecule has 1 aromatic heterocycles. The van der Waals surface area contributed by atoms with E-state index in [-0.39, 0.29) is 47.9 Å². The minimum atomic E-state index is -0.606. The summed E-state index contributed by atoms with van der Waals surface area (Å²) in [5.41, 5.74) is 2.89. The van der Waals surface area contributed by atoms with E-state index in [4.69, 9.17) is 14.2 Å². The summed E-state index contributed by atoms with van der Waals surface area (Å²) in [4.78, 5) is 25.2. The molecular weight excluding hydrogens is 422 g/mol. The summed E-state index contributed by atoms with van der Waals surface area (Å²) in [5, 5.41) is 10.0. The predicted molar refractivity (Wildman–Crippen MR) is 125 cm³/mol. The maximum atomic E-state index is 12.8. The van der Waals surface area contributed by atoms with Gasteiger partial charge in [0.25, 0.3) is 0 Å². The van der Waals surface area contributed by atoms with Crippen molar-refractivity contribution in [2.45, 2.75) is 71.8 Å². The lowest BCUT2D eigenvalue weighted by Gasteiger charge is -2.39. The molecule has 1 fully saturated rings. The van der Waals surface area contributed by atoms with Crippen LogP contribution >= 0.6 is 0 Å². The van der Waals surface area contributed by atoms with Crippen LogP contribution in [0.25, 0.3) is 11.3 Å². The molecule has 1 atom stereocenters. The van der Waals surface area contributed by atoms with Gasteiger partial charge >= 0.3 is 5.97 Å². The van der Waals surface area contributed by atoms with Gasteiger partial charge in [0.15, 0.2) is 5.43 Å². The summed E-state index contributed by atoms with van der Waals surface area (Å²) >= 11 is 0. The Bertz CT molecular complexity index is 1110. The van der Waals surface area contributed by atoms with Crippen molar-refractivity contribution in [2.24, 2.45) is 5.41 Å². The summed E-state index contributed by atoms with van der Waals surface area (Å²) in [7, 11) is 1.71. The van der Waals surface area contributed by atoms with Crippen LogP contribution in [-0.4, -0.2) is 41.6 Å². The second kappa shape index (κ2) is 8.95. The predicted octanol–water partition coefficient (Wildman–Crippen LogP) is 3.88. The van der Waals surface area contributed by atoms with Gasteiger partial charge in [-0.2, -0.15) is 0 Å². The van der Waals surface area contributed by atoms with Gasteiger partial charge in [-0.05, 0) is 36.5 Å². The fraction of sp³-hybridized carbons (Fsp3) is 0.538. The molecule has 0 saturated heterocycles. The average molecular weight is 456 g/mol. The molecule has 1 aromatic carbocycles. The van der Waals surface area contributed by atoms with Crippen LogP contribution in [0.15, 0.2) is 29.2 Å². The molecular formula is C26H33NO6. The average Bonchev–Trinajstić information content (AvgIpc) is 2.73. The smallest absolute Gasteiger partial charge is 0.343 e. The lowest BCUT2D eigenvalue weighted by molar-refractivity contribution is -0.0387. The zero-order valence-electron chi connectivity index (χ0n) is 20.0. The number of rotatable bonds is 6. The van der Waals surface area contributed by atoms with Gasteiger partial charge < -0.3 is 23.9 Å². The molecule has 2 heterocycles. The van der Waals surface area contributed by atoms with E-state index in [9.17, 15) is 14.7 Å². The van der Waals surface area contributed by atoms with Crippen molar-refractivity contribution in [3.8, 4) is 17.0 Å². The number of benzene rings is 1. The van der Waals surface area contributed by atoms with Crippen molar-refractivity contribution in [2.75, 3.05) is 13.7 Å². The molecule has 7 nitrogen and oxygen atoms in total. The molecule has 2 aliphatic rings. The Balaban J connectivity index is 1.80. The van der Waals surface area contributed by atoms with Crippen LogP contribution in [0.2, 0.25) is 0 Å². The molecule has 33 heavy (non-hydrogen) atoms. The summed E-state index contributed by atoms with van der Waals surface area (Å²) < 4.78 is 18.7. The highest BCUT2D eigenvalue weighted by molar-refractivity contribution is 5.89. The molecule has 1 saturated carbocycles. The Morgan fingerprint density at radius 3 is 2.52 bits per heavy atom.